The number of sulfonamides is 1. The molecule has 2 rings (SSSR count). The Morgan fingerprint density at radius 2 is 1.94 bits per heavy atom. The minimum Gasteiger partial charge on any atom is -0.243 e. The monoisotopic (exact) mass is 296 g/mol. The van der Waals surface area contributed by atoms with Gasteiger partial charge in [0, 0.05) is 32.1 Å². The molecule has 2 heterocycles. The number of halogens is 3. The van der Waals surface area contributed by atoms with Crippen LogP contribution in [-0.2, 0) is 10.0 Å². The topological polar surface area (TPSA) is 50.3 Å². The highest BCUT2D eigenvalue weighted by Crippen LogP contribution is 2.31. The fraction of sp³-hybridized carbons (Fsp3) is 0.500. The van der Waals surface area contributed by atoms with Gasteiger partial charge in [-0.2, -0.15) is 4.31 Å². The van der Waals surface area contributed by atoms with Gasteiger partial charge in [-0.25, -0.2) is 22.2 Å². The zero-order valence-electron chi connectivity index (χ0n) is 9.31. The molecule has 4 nitrogen and oxygen atoms in total. The van der Waals surface area contributed by atoms with Crippen LogP contribution >= 0.6 is 11.6 Å². The summed E-state index contributed by atoms with van der Waals surface area (Å²) in [5.74, 6) is -2.79. The molecule has 0 unspecified atom stereocenters. The minimum atomic E-state index is -3.84. The number of piperidine rings is 1. The fourth-order valence-corrected chi connectivity index (χ4v) is 3.63. The Bertz CT molecular complexity index is 541. The third-order valence-corrected chi connectivity index (χ3v) is 5.14. The number of alkyl halides is 2. The lowest BCUT2D eigenvalue weighted by molar-refractivity contribution is -0.0411. The van der Waals surface area contributed by atoms with Crippen molar-refractivity contribution in [2.24, 2.45) is 0 Å². The van der Waals surface area contributed by atoms with Gasteiger partial charge in [0.15, 0.2) is 0 Å². The summed E-state index contributed by atoms with van der Waals surface area (Å²) in [6.45, 7) is -0.416. The van der Waals surface area contributed by atoms with E-state index < -0.39 is 28.8 Å². The van der Waals surface area contributed by atoms with Crippen molar-refractivity contribution in [3.8, 4) is 0 Å². The van der Waals surface area contributed by atoms with Gasteiger partial charge in [-0.05, 0) is 12.1 Å². The van der Waals surface area contributed by atoms with Crippen molar-refractivity contribution < 1.29 is 17.2 Å². The summed E-state index contributed by atoms with van der Waals surface area (Å²) < 4.78 is 51.3. The Labute approximate surface area is 109 Å². The average molecular weight is 297 g/mol. The van der Waals surface area contributed by atoms with Crippen molar-refractivity contribution in [2.45, 2.75) is 23.7 Å². The summed E-state index contributed by atoms with van der Waals surface area (Å²) in [4.78, 5) is 3.54. The number of hydrogen-bond donors (Lipinski definition) is 0. The van der Waals surface area contributed by atoms with E-state index in [1.165, 1.54) is 18.3 Å². The van der Waals surface area contributed by atoms with E-state index in [2.05, 4.69) is 4.98 Å². The van der Waals surface area contributed by atoms with E-state index in [-0.39, 0.29) is 23.1 Å². The Morgan fingerprint density at radius 3 is 2.50 bits per heavy atom. The second-order valence-corrected chi connectivity index (χ2v) is 6.32. The zero-order valence-corrected chi connectivity index (χ0v) is 10.9. The van der Waals surface area contributed by atoms with Crippen LogP contribution in [0.2, 0.25) is 5.15 Å². The summed E-state index contributed by atoms with van der Waals surface area (Å²) in [6, 6.07) is 2.76. The first-order chi connectivity index (χ1) is 8.33. The van der Waals surface area contributed by atoms with E-state index in [9.17, 15) is 17.2 Å². The van der Waals surface area contributed by atoms with E-state index in [1.54, 1.807) is 0 Å². The molecule has 0 bridgehead atoms. The maximum atomic E-state index is 13.0. The van der Waals surface area contributed by atoms with Gasteiger partial charge in [0.1, 0.15) is 10.0 Å². The quantitative estimate of drug-likeness (QED) is 0.786. The van der Waals surface area contributed by atoms with Crippen molar-refractivity contribution in [3.63, 3.8) is 0 Å². The highest BCUT2D eigenvalue weighted by Gasteiger charge is 2.39. The van der Waals surface area contributed by atoms with Gasteiger partial charge in [-0.15, -0.1) is 0 Å². The molecule has 1 aliphatic heterocycles. The standard InChI is InChI=1S/C10H11ClF2N2O2S/c11-9-8(2-1-5-14-9)18(16,17)15-6-3-10(12,13)4-7-15/h1-2,5H,3-4,6-7H2. The van der Waals surface area contributed by atoms with Crippen LogP contribution in [0, 0.1) is 0 Å². The van der Waals surface area contributed by atoms with Gasteiger partial charge < -0.3 is 0 Å². The minimum absolute atomic E-state index is 0.142. The third kappa shape index (κ3) is 2.62. The van der Waals surface area contributed by atoms with Crippen LogP contribution in [0.1, 0.15) is 12.8 Å². The van der Waals surface area contributed by atoms with Crippen molar-refractivity contribution in [1.29, 1.82) is 0 Å². The maximum Gasteiger partial charge on any atom is 0.250 e. The molecule has 0 aromatic carbocycles. The summed E-state index contributed by atoms with van der Waals surface area (Å²) in [7, 11) is -3.84. The molecular formula is C10H11ClF2N2O2S. The largest absolute Gasteiger partial charge is 0.250 e. The van der Waals surface area contributed by atoms with Crippen molar-refractivity contribution in [2.75, 3.05) is 13.1 Å². The second-order valence-electron chi connectivity index (χ2n) is 4.05. The molecule has 0 radical (unpaired) electrons. The van der Waals surface area contributed by atoms with Crippen molar-refractivity contribution >= 4 is 21.6 Å². The molecule has 100 valence electrons. The molecule has 0 N–H and O–H groups in total. The van der Waals surface area contributed by atoms with E-state index in [0.29, 0.717) is 0 Å². The van der Waals surface area contributed by atoms with Gasteiger partial charge in [0.05, 0.1) is 0 Å². The van der Waals surface area contributed by atoms with Crippen molar-refractivity contribution in [1.82, 2.24) is 9.29 Å². The van der Waals surface area contributed by atoms with Crippen LogP contribution in [0.3, 0.4) is 0 Å². The lowest BCUT2D eigenvalue weighted by Gasteiger charge is -2.30. The van der Waals surface area contributed by atoms with Crippen LogP contribution in [0.25, 0.3) is 0 Å². The van der Waals surface area contributed by atoms with Gasteiger partial charge in [0.25, 0.3) is 5.92 Å². The molecule has 0 atom stereocenters. The first-order valence-electron chi connectivity index (χ1n) is 5.31. The number of aromatic nitrogens is 1. The summed E-state index contributed by atoms with van der Waals surface area (Å²) >= 11 is 5.72. The van der Waals surface area contributed by atoms with Gasteiger partial charge >= 0.3 is 0 Å². The Kier molecular flexibility index (Phi) is 3.57. The molecular weight excluding hydrogens is 286 g/mol. The SMILES string of the molecule is O=S(=O)(c1cccnc1Cl)N1CCC(F)(F)CC1. The van der Waals surface area contributed by atoms with E-state index >= 15 is 0 Å². The molecule has 0 spiro atoms. The first kappa shape index (κ1) is 13.6. The highest BCUT2D eigenvalue weighted by molar-refractivity contribution is 7.89. The number of hydrogen-bond acceptors (Lipinski definition) is 3. The lowest BCUT2D eigenvalue weighted by atomic mass is 10.1. The number of pyridine rings is 1. The lowest BCUT2D eigenvalue weighted by Crippen LogP contribution is -2.42. The number of nitrogens with zero attached hydrogens (tertiary/aromatic N) is 2. The maximum absolute atomic E-state index is 13.0. The van der Waals surface area contributed by atoms with Gasteiger partial charge in [-0.3, -0.25) is 0 Å². The van der Waals surface area contributed by atoms with Crippen molar-refractivity contribution in [3.05, 3.63) is 23.5 Å². The van der Waals surface area contributed by atoms with Crippen LogP contribution in [-0.4, -0.2) is 36.7 Å². The van der Waals surface area contributed by atoms with Gasteiger partial charge in [-0.1, -0.05) is 11.6 Å². The van der Waals surface area contributed by atoms with Crippen LogP contribution in [0.15, 0.2) is 23.2 Å². The predicted octanol–water partition coefficient (Wildman–Crippen LogP) is 2.15. The van der Waals surface area contributed by atoms with E-state index in [0.717, 1.165) is 4.31 Å². The molecule has 1 aromatic heterocycles. The molecule has 1 aromatic rings. The summed E-state index contributed by atoms with van der Waals surface area (Å²) in [5.41, 5.74) is 0. The third-order valence-electron chi connectivity index (χ3n) is 2.80. The second kappa shape index (κ2) is 4.71. The molecule has 0 saturated carbocycles. The molecule has 18 heavy (non-hydrogen) atoms. The Balaban J connectivity index is 2.26. The summed E-state index contributed by atoms with van der Waals surface area (Å²) in [6.07, 6.45) is 0.430. The molecule has 1 fully saturated rings. The average Bonchev–Trinajstić information content (AvgIpc) is 2.28. The Hall–Kier alpha value is -0.790. The smallest absolute Gasteiger partial charge is 0.243 e. The van der Waals surface area contributed by atoms with Gasteiger partial charge in [0.2, 0.25) is 10.0 Å². The molecule has 0 amide bonds. The predicted molar refractivity (Wildman–Crippen MR) is 62.2 cm³/mol. The van der Waals surface area contributed by atoms with E-state index in [4.69, 9.17) is 11.6 Å². The molecule has 8 heteroatoms. The first-order valence-corrected chi connectivity index (χ1v) is 7.13. The fourth-order valence-electron chi connectivity index (χ4n) is 1.76. The van der Waals surface area contributed by atoms with E-state index in [1.807, 2.05) is 0 Å². The molecule has 1 saturated heterocycles. The highest BCUT2D eigenvalue weighted by atomic mass is 35.5. The number of rotatable bonds is 2. The Morgan fingerprint density at radius 1 is 1.33 bits per heavy atom. The summed E-state index contributed by atoms with van der Waals surface area (Å²) in [5, 5.41) is -0.144. The van der Waals surface area contributed by atoms with Crippen LogP contribution < -0.4 is 0 Å². The normalized spacial score (nSPS) is 20.8. The molecule has 0 aliphatic carbocycles. The molecule has 1 aliphatic rings. The zero-order chi connectivity index (χ0) is 13.4. The van der Waals surface area contributed by atoms with Crippen LogP contribution in [0.4, 0.5) is 8.78 Å². The van der Waals surface area contributed by atoms with Crippen LogP contribution in [0.5, 0.6) is 0 Å².